The van der Waals surface area contributed by atoms with Crippen molar-refractivity contribution in [2.75, 3.05) is 0 Å². The highest BCUT2D eigenvalue weighted by Gasteiger charge is 2.51. The highest BCUT2D eigenvalue weighted by atomic mass is 17.5. The SMILES string of the molecule is OOC1(O)OO1. The molecule has 6 heavy (non-hydrogen) atoms. The van der Waals surface area contributed by atoms with Gasteiger partial charge >= 0.3 is 6.16 Å². The van der Waals surface area contributed by atoms with Gasteiger partial charge in [0.05, 0.1) is 0 Å². The van der Waals surface area contributed by atoms with Crippen molar-refractivity contribution in [1.82, 2.24) is 0 Å². The van der Waals surface area contributed by atoms with Gasteiger partial charge in [-0.25, -0.2) is 5.26 Å². The molecule has 2 N–H and O–H groups in total. The second-order valence-corrected chi connectivity index (χ2v) is 0.782. The standard InChI is InChI=1S/CH2O5/c2-1(4-3)5-6-1/h2-3H. The molecule has 0 aliphatic carbocycles. The molecule has 0 radical (unpaired) electrons. The Balaban J connectivity index is 2.28. The third-order valence-electron chi connectivity index (χ3n) is 0.341. The van der Waals surface area contributed by atoms with Crippen molar-refractivity contribution in [2.24, 2.45) is 0 Å². The van der Waals surface area contributed by atoms with Crippen molar-refractivity contribution in [1.29, 1.82) is 0 Å². The molecule has 0 aromatic carbocycles. The Hall–Kier alpha value is -0.200. The molecule has 1 aliphatic heterocycles. The van der Waals surface area contributed by atoms with E-state index in [1.54, 1.807) is 0 Å². The van der Waals surface area contributed by atoms with Gasteiger partial charge in [-0.3, -0.25) is 0 Å². The summed E-state index contributed by atoms with van der Waals surface area (Å²) in [5, 5.41) is 15.5. The maximum Gasteiger partial charge on any atom is 0.490 e. The van der Waals surface area contributed by atoms with E-state index in [2.05, 4.69) is 14.7 Å². The van der Waals surface area contributed by atoms with Crippen LogP contribution in [-0.4, -0.2) is 16.5 Å². The molecule has 5 heteroatoms. The Labute approximate surface area is 32.5 Å². The average molecular weight is 94.0 g/mol. The Bertz CT molecular complexity index is 55.0. The van der Waals surface area contributed by atoms with Gasteiger partial charge in [0.25, 0.3) is 0 Å². The van der Waals surface area contributed by atoms with Gasteiger partial charge in [-0.05, 0) is 0 Å². The molecule has 0 atom stereocenters. The van der Waals surface area contributed by atoms with Crippen molar-refractivity contribution >= 4 is 0 Å². The minimum Gasteiger partial charge on any atom is -0.313 e. The first-order valence-corrected chi connectivity index (χ1v) is 1.19. The minimum atomic E-state index is -2.15. The van der Waals surface area contributed by atoms with Crippen LogP contribution in [0.4, 0.5) is 0 Å². The molecule has 1 saturated heterocycles. The van der Waals surface area contributed by atoms with Crippen LogP contribution in [0.15, 0.2) is 0 Å². The summed E-state index contributed by atoms with van der Waals surface area (Å²) in [4.78, 5) is 10.4. The largest absolute Gasteiger partial charge is 0.490 e. The summed E-state index contributed by atoms with van der Waals surface area (Å²) in [6.45, 7) is 0. The molecule has 1 heterocycles. The Morgan fingerprint density at radius 1 is 1.50 bits per heavy atom. The summed E-state index contributed by atoms with van der Waals surface area (Å²) in [6.07, 6.45) is -2.15. The fraction of sp³-hybridized carbons (Fsp3) is 1.00. The molecule has 0 saturated carbocycles. The van der Waals surface area contributed by atoms with E-state index in [1.807, 2.05) is 0 Å². The van der Waals surface area contributed by atoms with E-state index in [4.69, 9.17) is 10.4 Å². The van der Waals surface area contributed by atoms with E-state index in [0.717, 1.165) is 0 Å². The lowest BCUT2D eigenvalue weighted by Gasteiger charge is -1.84. The van der Waals surface area contributed by atoms with Crippen LogP contribution >= 0.6 is 0 Å². The van der Waals surface area contributed by atoms with Gasteiger partial charge in [0.2, 0.25) is 0 Å². The van der Waals surface area contributed by atoms with E-state index in [-0.39, 0.29) is 0 Å². The summed E-state index contributed by atoms with van der Waals surface area (Å²) < 4.78 is 0. The number of aliphatic hydroxyl groups is 1. The normalized spacial score (nSPS) is 27.0. The maximum atomic E-state index is 8.02. The predicted octanol–water partition coefficient (Wildman–Crippen LogP) is -0.959. The minimum absolute atomic E-state index is 2.15. The van der Waals surface area contributed by atoms with Gasteiger partial charge in [-0.1, -0.05) is 0 Å². The Kier molecular flexibility index (Phi) is 0.593. The smallest absolute Gasteiger partial charge is 0.313 e. The lowest BCUT2D eigenvalue weighted by molar-refractivity contribution is -0.397. The highest BCUT2D eigenvalue weighted by Crippen LogP contribution is 2.24. The Morgan fingerprint density at radius 3 is 2.00 bits per heavy atom. The molecule has 0 spiro atoms. The molecule has 0 aromatic rings. The summed E-state index contributed by atoms with van der Waals surface area (Å²) >= 11 is 0. The van der Waals surface area contributed by atoms with Gasteiger partial charge < -0.3 is 5.11 Å². The summed E-state index contributed by atoms with van der Waals surface area (Å²) in [6, 6.07) is 0. The van der Waals surface area contributed by atoms with Crippen molar-refractivity contribution in [2.45, 2.75) is 6.16 Å². The van der Waals surface area contributed by atoms with Crippen molar-refractivity contribution in [3.05, 3.63) is 0 Å². The van der Waals surface area contributed by atoms with Crippen LogP contribution in [0.1, 0.15) is 0 Å². The first-order chi connectivity index (χ1) is 2.77. The van der Waals surface area contributed by atoms with Crippen molar-refractivity contribution in [3.8, 4) is 0 Å². The topological polar surface area (TPSA) is 74.8 Å². The van der Waals surface area contributed by atoms with Crippen LogP contribution in [0, 0.1) is 0 Å². The zero-order valence-corrected chi connectivity index (χ0v) is 2.62. The van der Waals surface area contributed by atoms with E-state index >= 15 is 0 Å². The predicted molar refractivity (Wildman–Crippen MR) is 10.8 cm³/mol. The first-order valence-electron chi connectivity index (χ1n) is 1.19. The quantitative estimate of drug-likeness (QED) is 0.189. The first kappa shape index (κ1) is 3.97. The maximum absolute atomic E-state index is 8.02. The van der Waals surface area contributed by atoms with Gasteiger partial charge in [0.15, 0.2) is 0 Å². The number of rotatable bonds is 1. The van der Waals surface area contributed by atoms with Gasteiger partial charge in [0.1, 0.15) is 0 Å². The molecule has 0 unspecified atom stereocenters. The fourth-order valence-corrected chi connectivity index (χ4v) is 0.0661. The highest BCUT2D eigenvalue weighted by molar-refractivity contribution is 4.28. The second-order valence-electron chi connectivity index (χ2n) is 0.782. The lowest BCUT2D eigenvalue weighted by Crippen LogP contribution is -2.10. The summed E-state index contributed by atoms with van der Waals surface area (Å²) in [7, 11) is 0. The van der Waals surface area contributed by atoms with Crippen LogP contribution in [0.3, 0.4) is 0 Å². The van der Waals surface area contributed by atoms with E-state index < -0.39 is 6.16 Å². The van der Waals surface area contributed by atoms with E-state index in [1.165, 1.54) is 0 Å². The molecule has 0 aromatic heterocycles. The van der Waals surface area contributed by atoms with E-state index in [9.17, 15) is 0 Å². The van der Waals surface area contributed by atoms with Crippen molar-refractivity contribution in [3.63, 3.8) is 0 Å². The molecular weight excluding hydrogens is 92.0 g/mol. The molecule has 1 rings (SSSR count). The van der Waals surface area contributed by atoms with Gasteiger partial charge in [-0.15, -0.1) is 14.7 Å². The van der Waals surface area contributed by atoms with Crippen LogP contribution in [0.5, 0.6) is 0 Å². The molecular formula is CH2O5. The zero-order chi connectivity index (χ0) is 4.62. The van der Waals surface area contributed by atoms with Crippen LogP contribution in [0.2, 0.25) is 0 Å². The fourth-order valence-electron chi connectivity index (χ4n) is 0.0661. The third kappa shape index (κ3) is 0.490. The van der Waals surface area contributed by atoms with Crippen molar-refractivity contribution < 1.29 is 25.0 Å². The molecule has 0 bridgehead atoms. The number of hydrogen-bond donors (Lipinski definition) is 2. The monoisotopic (exact) mass is 94.0 g/mol. The molecule has 1 fully saturated rings. The second kappa shape index (κ2) is 0.895. The Morgan fingerprint density at radius 2 is 2.00 bits per heavy atom. The zero-order valence-electron chi connectivity index (χ0n) is 2.62. The summed E-state index contributed by atoms with van der Waals surface area (Å²) in [5.41, 5.74) is 0. The molecule has 36 valence electrons. The lowest BCUT2D eigenvalue weighted by atomic mass is 11.2. The van der Waals surface area contributed by atoms with Crippen LogP contribution in [-0.2, 0) is 14.7 Å². The molecule has 1 aliphatic rings. The average Bonchev–Trinajstić information content (AvgIpc) is 2.22. The number of hydrogen-bond acceptors (Lipinski definition) is 5. The van der Waals surface area contributed by atoms with Crippen LogP contribution < -0.4 is 0 Å². The third-order valence-corrected chi connectivity index (χ3v) is 0.341. The van der Waals surface area contributed by atoms with Crippen LogP contribution in [0.25, 0.3) is 0 Å². The van der Waals surface area contributed by atoms with E-state index in [0.29, 0.717) is 0 Å². The molecule has 5 nitrogen and oxygen atoms in total. The summed E-state index contributed by atoms with van der Waals surface area (Å²) in [5.74, 6) is 0. The molecule has 0 amide bonds. The van der Waals surface area contributed by atoms with Gasteiger partial charge in [0, 0.05) is 0 Å². The van der Waals surface area contributed by atoms with Gasteiger partial charge in [-0.2, -0.15) is 0 Å².